The largest absolute Gasteiger partial charge is 0.327 e. The number of amides is 2. The second kappa shape index (κ2) is 10.1. The van der Waals surface area contributed by atoms with E-state index in [2.05, 4.69) is 15.7 Å². The summed E-state index contributed by atoms with van der Waals surface area (Å²) in [5, 5.41) is 9.56. The molecule has 1 atom stereocenters. The summed E-state index contributed by atoms with van der Waals surface area (Å²) in [5.41, 5.74) is 6.85. The first-order valence-electron chi connectivity index (χ1n) is 7.48. The Balaban J connectivity index is 0.00000312. The summed E-state index contributed by atoms with van der Waals surface area (Å²) in [6, 6.07) is 7.39. The van der Waals surface area contributed by atoms with Crippen molar-refractivity contribution in [2.24, 2.45) is 5.73 Å². The van der Waals surface area contributed by atoms with Gasteiger partial charge in [0.15, 0.2) is 0 Å². The number of halogens is 1. The minimum Gasteiger partial charge on any atom is -0.327 e. The molecule has 9 heteroatoms. The highest BCUT2D eigenvalue weighted by atomic mass is 35.5. The molecule has 2 aromatic rings. The number of carbonyl (C=O) groups excluding carboxylic acids is 2. The van der Waals surface area contributed by atoms with Gasteiger partial charge in [-0.1, -0.05) is 0 Å². The molecular formula is C16H22ClN5O2S. The van der Waals surface area contributed by atoms with Crippen molar-refractivity contribution in [1.29, 1.82) is 0 Å². The molecule has 0 fully saturated rings. The maximum atomic E-state index is 12.0. The number of hydrogen-bond donors (Lipinski definition) is 3. The van der Waals surface area contributed by atoms with E-state index in [0.717, 1.165) is 10.6 Å². The van der Waals surface area contributed by atoms with E-state index >= 15 is 0 Å². The Morgan fingerprint density at radius 2 is 1.84 bits per heavy atom. The Morgan fingerprint density at radius 1 is 1.20 bits per heavy atom. The second-order valence-corrected chi connectivity index (χ2v) is 6.31. The number of nitrogens with one attached hydrogen (secondary N) is 2. The van der Waals surface area contributed by atoms with E-state index in [1.165, 1.54) is 10.9 Å². The average Bonchev–Trinajstić information content (AvgIpc) is 2.93. The highest BCUT2D eigenvalue weighted by Crippen LogP contribution is 2.17. The van der Waals surface area contributed by atoms with Gasteiger partial charge in [0.05, 0.1) is 11.9 Å². The first-order chi connectivity index (χ1) is 11.5. The molecule has 136 valence electrons. The normalized spacial score (nSPS) is 11.3. The van der Waals surface area contributed by atoms with Crippen molar-refractivity contribution < 1.29 is 9.59 Å². The van der Waals surface area contributed by atoms with E-state index in [1.54, 1.807) is 24.9 Å². The van der Waals surface area contributed by atoms with Crippen LogP contribution in [0, 0.1) is 0 Å². The number of rotatable bonds is 7. The maximum Gasteiger partial charge on any atom is 0.246 e. The standard InChI is InChI=1S/C16H21N5O2S.ClH/c1-11(17)7-15(22)20-13-8-18-21(9-13)10-16(23)19-12-3-5-14(24-2)6-4-12;/h3-6,8-9,11H,7,10,17H2,1-2H3,(H,19,23)(H,20,22);1H. The van der Waals surface area contributed by atoms with Crippen LogP contribution < -0.4 is 16.4 Å². The predicted molar refractivity (Wildman–Crippen MR) is 103 cm³/mol. The van der Waals surface area contributed by atoms with Crippen LogP contribution in [0.3, 0.4) is 0 Å². The Morgan fingerprint density at radius 3 is 2.44 bits per heavy atom. The van der Waals surface area contributed by atoms with Gasteiger partial charge in [0.1, 0.15) is 6.54 Å². The Kier molecular flexibility index (Phi) is 8.47. The van der Waals surface area contributed by atoms with Gasteiger partial charge in [0.2, 0.25) is 11.8 Å². The highest BCUT2D eigenvalue weighted by Gasteiger charge is 2.09. The molecule has 2 amide bonds. The Hall–Kier alpha value is -2.03. The van der Waals surface area contributed by atoms with Crippen LogP contribution in [0.15, 0.2) is 41.6 Å². The summed E-state index contributed by atoms with van der Waals surface area (Å²) >= 11 is 1.64. The topological polar surface area (TPSA) is 102 Å². The summed E-state index contributed by atoms with van der Waals surface area (Å²) < 4.78 is 1.47. The number of anilines is 2. The summed E-state index contributed by atoms with van der Waals surface area (Å²) in [7, 11) is 0. The summed E-state index contributed by atoms with van der Waals surface area (Å²) in [4.78, 5) is 24.8. The molecule has 7 nitrogen and oxygen atoms in total. The van der Waals surface area contributed by atoms with Gasteiger partial charge in [-0.2, -0.15) is 5.10 Å². The molecule has 1 heterocycles. The Bertz CT molecular complexity index is 703. The van der Waals surface area contributed by atoms with E-state index in [-0.39, 0.29) is 43.2 Å². The quantitative estimate of drug-likeness (QED) is 0.637. The molecule has 0 radical (unpaired) electrons. The zero-order chi connectivity index (χ0) is 17.5. The van der Waals surface area contributed by atoms with Crippen LogP contribution in [0.25, 0.3) is 0 Å². The van der Waals surface area contributed by atoms with Gasteiger partial charge in [-0.25, -0.2) is 0 Å². The van der Waals surface area contributed by atoms with Crippen LogP contribution in [-0.2, 0) is 16.1 Å². The van der Waals surface area contributed by atoms with Gasteiger partial charge >= 0.3 is 0 Å². The van der Waals surface area contributed by atoms with Crippen molar-refractivity contribution in [1.82, 2.24) is 9.78 Å². The predicted octanol–water partition coefficient (Wildman–Crippen LogP) is 2.34. The van der Waals surface area contributed by atoms with Crippen LogP contribution in [0.1, 0.15) is 13.3 Å². The van der Waals surface area contributed by atoms with Crippen LogP contribution in [0.2, 0.25) is 0 Å². The van der Waals surface area contributed by atoms with E-state index < -0.39 is 0 Å². The van der Waals surface area contributed by atoms with Gasteiger partial charge in [-0.05, 0) is 37.4 Å². The van der Waals surface area contributed by atoms with Crippen molar-refractivity contribution in [3.63, 3.8) is 0 Å². The number of nitrogens with two attached hydrogens (primary N) is 1. The second-order valence-electron chi connectivity index (χ2n) is 5.43. The fraction of sp³-hybridized carbons (Fsp3) is 0.312. The van der Waals surface area contributed by atoms with Gasteiger partial charge in [-0.15, -0.1) is 24.2 Å². The molecule has 25 heavy (non-hydrogen) atoms. The molecule has 1 aromatic heterocycles. The number of carbonyl (C=O) groups is 2. The molecule has 0 spiro atoms. The van der Waals surface area contributed by atoms with Crippen LogP contribution in [-0.4, -0.2) is 33.9 Å². The maximum absolute atomic E-state index is 12.0. The molecule has 4 N–H and O–H groups in total. The van der Waals surface area contributed by atoms with Crippen molar-refractivity contribution >= 4 is 47.4 Å². The third-order valence-electron chi connectivity index (χ3n) is 3.10. The lowest BCUT2D eigenvalue weighted by Crippen LogP contribution is -2.23. The van der Waals surface area contributed by atoms with Gasteiger partial charge in [-0.3, -0.25) is 14.3 Å². The van der Waals surface area contributed by atoms with Crippen molar-refractivity contribution in [3.05, 3.63) is 36.7 Å². The molecule has 0 bridgehead atoms. The summed E-state index contributed by atoms with van der Waals surface area (Å²) in [6.07, 6.45) is 5.34. The lowest BCUT2D eigenvalue weighted by molar-refractivity contribution is -0.117. The fourth-order valence-electron chi connectivity index (χ4n) is 2.04. The molecule has 0 aliphatic carbocycles. The molecule has 1 unspecified atom stereocenters. The van der Waals surface area contributed by atoms with Crippen molar-refractivity contribution in [3.8, 4) is 0 Å². The molecule has 0 aliphatic rings. The zero-order valence-corrected chi connectivity index (χ0v) is 15.7. The summed E-state index contributed by atoms with van der Waals surface area (Å²) in [5.74, 6) is -0.369. The minimum absolute atomic E-state index is 0. The molecule has 1 aromatic carbocycles. The third kappa shape index (κ3) is 7.16. The number of hydrogen-bond acceptors (Lipinski definition) is 5. The van der Waals surface area contributed by atoms with Gasteiger partial charge in [0.25, 0.3) is 0 Å². The fourth-order valence-corrected chi connectivity index (χ4v) is 2.45. The molecule has 0 aliphatic heterocycles. The molecular weight excluding hydrogens is 362 g/mol. The molecule has 2 rings (SSSR count). The van der Waals surface area contributed by atoms with E-state index in [4.69, 9.17) is 5.73 Å². The highest BCUT2D eigenvalue weighted by molar-refractivity contribution is 7.98. The van der Waals surface area contributed by atoms with E-state index in [9.17, 15) is 9.59 Å². The number of nitrogens with zero attached hydrogens (tertiary/aromatic N) is 2. The zero-order valence-electron chi connectivity index (χ0n) is 14.1. The first-order valence-corrected chi connectivity index (χ1v) is 8.70. The smallest absolute Gasteiger partial charge is 0.246 e. The SMILES string of the molecule is CSc1ccc(NC(=O)Cn2cc(NC(=O)CC(C)N)cn2)cc1.Cl. The third-order valence-corrected chi connectivity index (χ3v) is 3.85. The van der Waals surface area contributed by atoms with E-state index in [0.29, 0.717) is 5.69 Å². The monoisotopic (exact) mass is 383 g/mol. The van der Waals surface area contributed by atoms with Crippen molar-refractivity contribution in [2.45, 2.75) is 30.8 Å². The summed E-state index contributed by atoms with van der Waals surface area (Å²) in [6.45, 7) is 1.83. The molecule has 0 saturated carbocycles. The number of thioether (sulfide) groups is 1. The minimum atomic E-state index is -0.205. The van der Waals surface area contributed by atoms with E-state index in [1.807, 2.05) is 30.5 Å². The van der Waals surface area contributed by atoms with Gasteiger partial charge in [0, 0.05) is 29.2 Å². The van der Waals surface area contributed by atoms with Gasteiger partial charge < -0.3 is 16.4 Å². The lowest BCUT2D eigenvalue weighted by atomic mass is 10.2. The Labute approximate surface area is 157 Å². The van der Waals surface area contributed by atoms with Crippen molar-refractivity contribution in [2.75, 3.05) is 16.9 Å². The van der Waals surface area contributed by atoms with Crippen LogP contribution in [0.5, 0.6) is 0 Å². The van der Waals surface area contributed by atoms with Crippen LogP contribution >= 0.6 is 24.2 Å². The lowest BCUT2D eigenvalue weighted by Gasteiger charge is -2.06. The number of benzene rings is 1. The number of aromatic nitrogens is 2. The molecule has 0 saturated heterocycles. The average molecular weight is 384 g/mol. The van der Waals surface area contributed by atoms with Crippen LogP contribution in [0.4, 0.5) is 11.4 Å². The first kappa shape index (κ1) is 21.0.